The zero-order chi connectivity index (χ0) is 15.0. The Hall–Kier alpha value is -0.770. The van der Waals surface area contributed by atoms with Crippen molar-refractivity contribution < 1.29 is 9.47 Å². The van der Waals surface area contributed by atoms with Crippen LogP contribution in [-0.2, 0) is 9.47 Å². The van der Waals surface area contributed by atoms with Gasteiger partial charge in [-0.3, -0.25) is 0 Å². The van der Waals surface area contributed by atoms with E-state index in [9.17, 15) is 0 Å². The lowest BCUT2D eigenvalue weighted by molar-refractivity contribution is -0.0356. The van der Waals surface area contributed by atoms with Crippen molar-refractivity contribution in [2.75, 3.05) is 20.0 Å². The first-order chi connectivity index (χ1) is 9.53. The van der Waals surface area contributed by atoms with Gasteiger partial charge in [-0.05, 0) is 32.4 Å². The van der Waals surface area contributed by atoms with Crippen molar-refractivity contribution in [3.8, 4) is 0 Å². The summed E-state index contributed by atoms with van der Waals surface area (Å²) in [6.45, 7) is 8.01. The van der Waals surface area contributed by atoms with Crippen LogP contribution in [0.25, 0.3) is 0 Å². The van der Waals surface area contributed by atoms with E-state index in [1.807, 2.05) is 17.8 Å². The van der Waals surface area contributed by atoms with Crippen LogP contribution in [0.15, 0.2) is 41.8 Å². The molecule has 1 aromatic carbocycles. The van der Waals surface area contributed by atoms with Crippen molar-refractivity contribution in [2.45, 2.75) is 43.3 Å². The van der Waals surface area contributed by atoms with E-state index in [0.29, 0.717) is 0 Å². The molecule has 0 N–H and O–H groups in total. The lowest BCUT2D eigenvalue weighted by Crippen LogP contribution is -2.33. The SMILES string of the molecule is C=CC[C@](C)(C[C@@H](CSc1ccc(C)cc1)OC)OC. The van der Waals surface area contributed by atoms with E-state index >= 15 is 0 Å². The summed E-state index contributed by atoms with van der Waals surface area (Å²) in [5.41, 5.74) is 1.09. The zero-order valence-electron chi connectivity index (χ0n) is 13.0. The highest BCUT2D eigenvalue weighted by Gasteiger charge is 2.26. The van der Waals surface area contributed by atoms with E-state index in [1.165, 1.54) is 10.5 Å². The largest absolute Gasteiger partial charge is 0.380 e. The second kappa shape index (κ2) is 8.50. The first kappa shape index (κ1) is 17.3. The van der Waals surface area contributed by atoms with Crippen molar-refractivity contribution in [1.82, 2.24) is 0 Å². The summed E-state index contributed by atoms with van der Waals surface area (Å²) in [7, 11) is 3.52. The predicted molar refractivity (Wildman–Crippen MR) is 87.5 cm³/mol. The minimum Gasteiger partial charge on any atom is -0.380 e. The van der Waals surface area contributed by atoms with Gasteiger partial charge >= 0.3 is 0 Å². The molecule has 0 spiro atoms. The average molecular weight is 294 g/mol. The summed E-state index contributed by atoms with van der Waals surface area (Å²) in [6.07, 6.45) is 3.78. The minimum absolute atomic E-state index is 0.172. The van der Waals surface area contributed by atoms with Gasteiger partial charge in [0.25, 0.3) is 0 Å². The molecule has 2 nitrogen and oxygen atoms in total. The Morgan fingerprint density at radius 1 is 1.30 bits per heavy atom. The van der Waals surface area contributed by atoms with Gasteiger partial charge in [0.15, 0.2) is 0 Å². The molecule has 0 saturated heterocycles. The number of methoxy groups -OCH3 is 2. The molecule has 0 aliphatic heterocycles. The second-order valence-corrected chi connectivity index (χ2v) is 6.43. The number of hydrogen-bond donors (Lipinski definition) is 0. The van der Waals surface area contributed by atoms with E-state index in [2.05, 4.69) is 44.7 Å². The van der Waals surface area contributed by atoms with Crippen LogP contribution in [0.2, 0.25) is 0 Å². The average Bonchev–Trinajstić information content (AvgIpc) is 2.45. The van der Waals surface area contributed by atoms with Crippen LogP contribution >= 0.6 is 11.8 Å². The van der Waals surface area contributed by atoms with Gasteiger partial charge in [0, 0.05) is 31.3 Å². The normalized spacial score (nSPS) is 15.6. The fraction of sp³-hybridized carbons (Fsp3) is 0.529. The Kier molecular flexibility index (Phi) is 7.35. The monoisotopic (exact) mass is 294 g/mol. The van der Waals surface area contributed by atoms with Crippen molar-refractivity contribution >= 4 is 11.8 Å². The molecule has 0 saturated carbocycles. The van der Waals surface area contributed by atoms with Crippen LogP contribution < -0.4 is 0 Å². The lowest BCUT2D eigenvalue weighted by atomic mass is 9.95. The van der Waals surface area contributed by atoms with E-state index < -0.39 is 0 Å². The van der Waals surface area contributed by atoms with E-state index in [0.717, 1.165) is 18.6 Å². The third-order valence-corrected chi connectivity index (χ3v) is 4.66. The van der Waals surface area contributed by atoms with Crippen molar-refractivity contribution in [1.29, 1.82) is 0 Å². The quantitative estimate of drug-likeness (QED) is 0.494. The van der Waals surface area contributed by atoms with Crippen LogP contribution in [0.1, 0.15) is 25.3 Å². The number of benzene rings is 1. The molecular formula is C17H26O2S. The Labute approximate surface area is 127 Å². The lowest BCUT2D eigenvalue weighted by Gasteiger charge is -2.30. The highest BCUT2D eigenvalue weighted by molar-refractivity contribution is 7.99. The minimum atomic E-state index is -0.198. The second-order valence-electron chi connectivity index (χ2n) is 5.33. The zero-order valence-corrected chi connectivity index (χ0v) is 13.8. The maximum atomic E-state index is 5.62. The fourth-order valence-electron chi connectivity index (χ4n) is 2.07. The van der Waals surface area contributed by atoms with Crippen LogP contribution in [-0.4, -0.2) is 31.7 Å². The molecule has 1 rings (SSSR count). The molecule has 0 radical (unpaired) electrons. The van der Waals surface area contributed by atoms with E-state index in [-0.39, 0.29) is 11.7 Å². The van der Waals surface area contributed by atoms with Gasteiger partial charge in [-0.25, -0.2) is 0 Å². The molecule has 2 atom stereocenters. The highest BCUT2D eigenvalue weighted by Crippen LogP contribution is 2.27. The summed E-state index contributed by atoms with van der Waals surface area (Å²) in [5.74, 6) is 0.926. The summed E-state index contributed by atoms with van der Waals surface area (Å²) in [6, 6.07) is 8.60. The van der Waals surface area contributed by atoms with E-state index in [4.69, 9.17) is 9.47 Å². The Morgan fingerprint density at radius 2 is 1.95 bits per heavy atom. The van der Waals surface area contributed by atoms with Crippen LogP contribution in [0.5, 0.6) is 0 Å². The number of aryl methyl sites for hydroxylation is 1. The van der Waals surface area contributed by atoms with Gasteiger partial charge in [-0.2, -0.15) is 0 Å². The molecule has 0 bridgehead atoms. The number of ether oxygens (including phenoxy) is 2. The van der Waals surface area contributed by atoms with Gasteiger partial charge in [0.05, 0.1) is 11.7 Å². The molecule has 0 aliphatic carbocycles. The molecule has 0 aromatic heterocycles. The molecule has 112 valence electrons. The van der Waals surface area contributed by atoms with Crippen LogP contribution in [0, 0.1) is 6.92 Å². The maximum Gasteiger partial charge on any atom is 0.0709 e. The first-order valence-corrected chi connectivity index (χ1v) is 7.90. The van der Waals surface area contributed by atoms with E-state index in [1.54, 1.807) is 14.2 Å². The Morgan fingerprint density at radius 3 is 2.45 bits per heavy atom. The molecule has 3 heteroatoms. The highest BCUT2D eigenvalue weighted by atomic mass is 32.2. The number of hydrogen-bond acceptors (Lipinski definition) is 3. The van der Waals surface area contributed by atoms with Crippen LogP contribution in [0.4, 0.5) is 0 Å². The molecule has 20 heavy (non-hydrogen) atoms. The third-order valence-electron chi connectivity index (χ3n) is 3.52. The molecule has 0 unspecified atom stereocenters. The Balaban J connectivity index is 2.54. The number of rotatable bonds is 9. The summed E-state index contributed by atoms with van der Waals surface area (Å²) in [4.78, 5) is 1.28. The third kappa shape index (κ3) is 5.70. The standard InChI is InChI=1S/C17H26O2S/c1-6-11-17(3,19-5)12-15(18-4)13-20-16-9-7-14(2)8-10-16/h6-10,15H,1,11-13H2,2-5H3/t15-,17+/m0/s1. The molecule has 1 aromatic rings. The molecule has 0 fully saturated rings. The Bertz CT molecular complexity index is 402. The van der Waals surface area contributed by atoms with Gasteiger partial charge in [-0.15, -0.1) is 18.3 Å². The van der Waals surface area contributed by atoms with Gasteiger partial charge < -0.3 is 9.47 Å². The predicted octanol–water partition coefficient (Wildman–Crippen LogP) is 4.47. The summed E-state index contributed by atoms with van der Waals surface area (Å²) in [5, 5.41) is 0. The maximum absolute atomic E-state index is 5.62. The van der Waals surface area contributed by atoms with Gasteiger partial charge in [0.2, 0.25) is 0 Å². The van der Waals surface area contributed by atoms with Gasteiger partial charge in [0.1, 0.15) is 0 Å². The number of thioether (sulfide) groups is 1. The summed E-state index contributed by atoms with van der Waals surface area (Å²) >= 11 is 1.82. The van der Waals surface area contributed by atoms with Crippen molar-refractivity contribution in [3.05, 3.63) is 42.5 Å². The van der Waals surface area contributed by atoms with Crippen molar-refractivity contribution in [3.63, 3.8) is 0 Å². The van der Waals surface area contributed by atoms with Gasteiger partial charge in [-0.1, -0.05) is 23.8 Å². The molecule has 0 aliphatic rings. The molecule has 0 amide bonds. The molecule has 0 heterocycles. The smallest absolute Gasteiger partial charge is 0.0709 e. The molecular weight excluding hydrogens is 268 g/mol. The summed E-state index contributed by atoms with van der Waals surface area (Å²) < 4.78 is 11.2. The fourth-order valence-corrected chi connectivity index (χ4v) is 3.03. The topological polar surface area (TPSA) is 18.5 Å². The van der Waals surface area contributed by atoms with Crippen molar-refractivity contribution in [2.24, 2.45) is 0 Å². The first-order valence-electron chi connectivity index (χ1n) is 6.91. The van der Waals surface area contributed by atoms with Crippen LogP contribution in [0.3, 0.4) is 0 Å².